The first-order valence-electron chi connectivity index (χ1n) is 8.95. The Kier molecular flexibility index (Phi) is 6.06. The molecule has 0 unspecified atom stereocenters. The number of halogens is 3. The zero-order valence-corrected chi connectivity index (χ0v) is 16.9. The van der Waals surface area contributed by atoms with Gasteiger partial charge in [-0.1, -0.05) is 39.0 Å². The minimum atomic E-state index is -4.27. The average Bonchev–Trinajstić information content (AvgIpc) is 2.90. The van der Waals surface area contributed by atoms with Crippen molar-refractivity contribution in [3.05, 3.63) is 35.4 Å². The first-order chi connectivity index (χ1) is 11.4. The highest BCUT2D eigenvalue weighted by Crippen LogP contribution is 2.38. The van der Waals surface area contributed by atoms with Gasteiger partial charge in [-0.3, -0.25) is 0 Å². The molecule has 0 bridgehead atoms. The fourth-order valence-corrected chi connectivity index (χ4v) is 4.26. The van der Waals surface area contributed by atoms with Gasteiger partial charge in [0.2, 0.25) is 0 Å². The van der Waals surface area contributed by atoms with E-state index in [4.69, 9.17) is 4.43 Å². The van der Waals surface area contributed by atoms with Gasteiger partial charge in [-0.25, -0.2) is 0 Å². The molecule has 1 saturated heterocycles. The van der Waals surface area contributed by atoms with E-state index in [0.717, 1.165) is 37.7 Å². The monoisotopic (exact) mass is 373 g/mol. The van der Waals surface area contributed by atoms with Crippen molar-refractivity contribution in [2.75, 3.05) is 19.6 Å². The third-order valence-electron chi connectivity index (χ3n) is 5.47. The van der Waals surface area contributed by atoms with Crippen LogP contribution >= 0.6 is 0 Å². The molecule has 1 heterocycles. The van der Waals surface area contributed by atoms with Gasteiger partial charge in [0.25, 0.3) is 0 Å². The Morgan fingerprint density at radius 2 is 1.88 bits per heavy atom. The van der Waals surface area contributed by atoms with Crippen LogP contribution in [0.25, 0.3) is 0 Å². The standard InChI is InChI=1S/C19H30F3NOSi/c1-18(2,3)25(4,5)24-17-10-12-23(14-17)11-9-15-7-6-8-16(13-15)19(20,21)22/h6-8,13,17H,9-12,14H2,1-5H3/t17-/m0/s1. The molecule has 2 nitrogen and oxygen atoms in total. The van der Waals surface area contributed by atoms with Gasteiger partial charge in [0.15, 0.2) is 8.32 Å². The topological polar surface area (TPSA) is 12.5 Å². The third-order valence-corrected chi connectivity index (χ3v) is 10.0. The van der Waals surface area contributed by atoms with Crippen LogP contribution in [0.2, 0.25) is 18.1 Å². The fourth-order valence-electron chi connectivity index (χ4n) is 2.88. The largest absolute Gasteiger partial charge is 0.416 e. The van der Waals surface area contributed by atoms with E-state index in [1.165, 1.54) is 12.1 Å². The van der Waals surface area contributed by atoms with Crippen molar-refractivity contribution in [2.45, 2.75) is 64.0 Å². The smallest absolute Gasteiger partial charge is 0.413 e. The molecule has 0 N–H and O–H groups in total. The van der Waals surface area contributed by atoms with Crippen molar-refractivity contribution in [2.24, 2.45) is 0 Å². The molecular formula is C19H30F3NOSi. The van der Waals surface area contributed by atoms with Crippen LogP contribution in [0.4, 0.5) is 13.2 Å². The number of hydrogen-bond acceptors (Lipinski definition) is 2. The summed E-state index contributed by atoms with van der Waals surface area (Å²) in [6, 6.07) is 5.66. The Labute approximate surface area is 150 Å². The summed E-state index contributed by atoms with van der Waals surface area (Å²) in [5, 5.41) is 0.193. The maximum absolute atomic E-state index is 12.8. The fraction of sp³-hybridized carbons (Fsp3) is 0.684. The van der Waals surface area contributed by atoms with Gasteiger partial charge in [0.1, 0.15) is 0 Å². The molecule has 1 aromatic carbocycles. The predicted molar refractivity (Wildman–Crippen MR) is 98.3 cm³/mol. The molecule has 0 amide bonds. The van der Waals surface area contributed by atoms with E-state index < -0.39 is 20.1 Å². The summed E-state index contributed by atoms with van der Waals surface area (Å²) in [5.41, 5.74) is 0.175. The first-order valence-corrected chi connectivity index (χ1v) is 11.9. The molecule has 0 aromatic heterocycles. The summed E-state index contributed by atoms with van der Waals surface area (Å²) in [6.07, 6.45) is -2.38. The van der Waals surface area contributed by atoms with Crippen molar-refractivity contribution in [3.63, 3.8) is 0 Å². The Balaban J connectivity index is 1.86. The van der Waals surface area contributed by atoms with E-state index in [9.17, 15) is 13.2 Å². The van der Waals surface area contributed by atoms with Crippen LogP contribution in [0.3, 0.4) is 0 Å². The van der Waals surface area contributed by atoms with Crippen molar-refractivity contribution >= 4 is 8.32 Å². The molecule has 142 valence electrons. The second-order valence-corrected chi connectivity index (χ2v) is 13.3. The Morgan fingerprint density at radius 3 is 2.48 bits per heavy atom. The average molecular weight is 374 g/mol. The molecule has 0 saturated carbocycles. The molecule has 1 aromatic rings. The highest BCUT2D eigenvalue weighted by Gasteiger charge is 2.40. The second-order valence-electron chi connectivity index (χ2n) is 8.54. The molecule has 1 atom stereocenters. The second kappa shape index (κ2) is 7.41. The van der Waals surface area contributed by atoms with Gasteiger partial charge in [0.05, 0.1) is 11.7 Å². The molecular weight excluding hydrogens is 343 g/mol. The summed E-state index contributed by atoms with van der Waals surface area (Å²) < 4.78 is 44.8. The minimum Gasteiger partial charge on any atom is -0.413 e. The van der Waals surface area contributed by atoms with Gasteiger partial charge >= 0.3 is 6.18 Å². The highest BCUT2D eigenvalue weighted by molar-refractivity contribution is 6.74. The van der Waals surface area contributed by atoms with E-state index in [1.807, 2.05) is 0 Å². The number of rotatable bonds is 5. The van der Waals surface area contributed by atoms with E-state index in [0.29, 0.717) is 6.42 Å². The predicted octanol–water partition coefficient (Wildman–Crippen LogP) is 5.34. The molecule has 6 heteroatoms. The quantitative estimate of drug-likeness (QED) is 0.646. The SMILES string of the molecule is CC(C)(C)[Si](C)(C)O[C@H]1CCN(CCc2cccc(C(F)(F)F)c2)C1. The van der Waals surface area contributed by atoms with Crippen LogP contribution in [0.1, 0.15) is 38.3 Å². The van der Waals surface area contributed by atoms with Gasteiger partial charge in [-0.2, -0.15) is 13.2 Å². The van der Waals surface area contributed by atoms with Crippen LogP contribution in [-0.4, -0.2) is 39.0 Å². The van der Waals surface area contributed by atoms with Crippen LogP contribution in [0.5, 0.6) is 0 Å². The van der Waals surface area contributed by atoms with Crippen LogP contribution in [-0.2, 0) is 17.0 Å². The first kappa shape index (κ1) is 20.5. The number of nitrogens with zero attached hydrogens (tertiary/aromatic N) is 1. The van der Waals surface area contributed by atoms with Crippen molar-refractivity contribution in [1.29, 1.82) is 0 Å². The summed E-state index contributed by atoms with van der Waals surface area (Å²) in [6.45, 7) is 13.8. The number of benzene rings is 1. The van der Waals surface area contributed by atoms with E-state index >= 15 is 0 Å². The maximum atomic E-state index is 12.8. The summed E-state index contributed by atoms with van der Waals surface area (Å²) in [4.78, 5) is 2.30. The van der Waals surface area contributed by atoms with Crippen molar-refractivity contribution in [1.82, 2.24) is 4.90 Å². The molecule has 0 aliphatic carbocycles. The number of likely N-dealkylation sites (tertiary alicyclic amines) is 1. The number of hydrogen-bond donors (Lipinski definition) is 0. The Hall–Kier alpha value is -0.853. The summed E-state index contributed by atoms with van der Waals surface area (Å²) in [7, 11) is -1.77. The number of alkyl halides is 3. The van der Waals surface area contributed by atoms with E-state index in [1.54, 1.807) is 6.07 Å². The minimum absolute atomic E-state index is 0.193. The van der Waals surface area contributed by atoms with Gasteiger partial charge in [-0.15, -0.1) is 0 Å². The lowest BCUT2D eigenvalue weighted by molar-refractivity contribution is -0.137. The van der Waals surface area contributed by atoms with Crippen molar-refractivity contribution < 1.29 is 17.6 Å². The molecule has 0 radical (unpaired) electrons. The zero-order chi connectivity index (χ0) is 18.9. The Bertz CT molecular complexity index is 581. The Morgan fingerprint density at radius 1 is 1.20 bits per heavy atom. The molecule has 1 aliphatic heterocycles. The zero-order valence-electron chi connectivity index (χ0n) is 15.9. The van der Waals surface area contributed by atoms with Crippen LogP contribution in [0, 0.1) is 0 Å². The van der Waals surface area contributed by atoms with E-state index in [-0.39, 0.29) is 11.1 Å². The molecule has 2 rings (SSSR count). The molecule has 1 aliphatic rings. The summed E-state index contributed by atoms with van der Waals surface area (Å²) in [5.74, 6) is 0. The van der Waals surface area contributed by atoms with Gasteiger partial charge in [0, 0.05) is 19.6 Å². The lowest BCUT2D eigenvalue weighted by atomic mass is 10.1. The van der Waals surface area contributed by atoms with Crippen LogP contribution < -0.4 is 0 Å². The molecule has 25 heavy (non-hydrogen) atoms. The normalized spacial score (nSPS) is 20.2. The lowest BCUT2D eigenvalue weighted by Gasteiger charge is -2.38. The third kappa shape index (κ3) is 5.56. The van der Waals surface area contributed by atoms with Crippen LogP contribution in [0.15, 0.2) is 24.3 Å². The van der Waals surface area contributed by atoms with Gasteiger partial charge < -0.3 is 9.33 Å². The maximum Gasteiger partial charge on any atom is 0.416 e. The van der Waals surface area contributed by atoms with Gasteiger partial charge in [-0.05, 0) is 42.6 Å². The highest BCUT2D eigenvalue weighted by atomic mass is 28.4. The summed E-state index contributed by atoms with van der Waals surface area (Å²) >= 11 is 0. The van der Waals surface area contributed by atoms with Crippen molar-refractivity contribution in [3.8, 4) is 0 Å². The molecule has 1 fully saturated rings. The van der Waals surface area contributed by atoms with E-state index in [2.05, 4.69) is 38.8 Å². The molecule has 0 spiro atoms. The lowest BCUT2D eigenvalue weighted by Crippen LogP contribution is -2.44.